The molecule has 3 heterocycles. The standard InChI is InChI=1S/3C10H18S/c1-9(2)8-4-6-10(3,11-9)7-5-8;1-7-4-5-8-6-9(7)11-10(8,2)3;1-8-4-6-9(7-5-8)10(2,3)11/h8H,4-7H2,1-3H3;7-9H,4-6H2,1-3H3;4,9,11H,5-7H2,1-3H3. The lowest BCUT2D eigenvalue weighted by Gasteiger charge is -2.53. The maximum absolute atomic E-state index is 4.60. The molecule has 0 N–H and O–H groups in total. The minimum absolute atomic E-state index is 0.206. The Labute approximate surface area is 221 Å². The van der Waals surface area contributed by atoms with Crippen molar-refractivity contribution < 1.29 is 0 Å². The summed E-state index contributed by atoms with van der Waals surface area (Å²) in [5.41, 5.74) is 1.55. The van der Waals surface area contributed by atoms with Gasteiger partial charge in [0.05, 0.1) is 0 Å². The summed E-state index contributed by atoms with van der Waals surface area (Å²) in [4.78, 5) is 0. The smallest absolute Gasteiger partial charge is 0.0137 e. The summed E-state index contributed by atoms with van der Waals surface area (Å²) in [7, 11) is 0. The minimum atomic E-state index is 0.206. The molecule has 0 nitrogen and oxygen atoms in total. The normalized spacial score (nSPS) is 40.7. The zero-order chi connectivity index (χ0) is 24.7. The summed E-state index contributed by atoms with van der Waals surface area (Å²) in [6.07, 6.45) is 16.5. The van der Waals surface area contributed by atoms with Gasteiger partial charge in [-0.1, -0.05) is 67.0 Å². The molecule has 3 aliphatic heterocycles. The number of fused-ring (bicyclic) bond motifs is 5. The van der Waals surface area contributed by atoms with E-state index in [-0.39, 0.29) is 4.75 Å². The highest BCUT2D eigenvalue weighted by Crippen LogP contribution is 2.58. The molecule has 0 radical (unpaired) electrons. The Hall–Kier alpha value is 0.790. The summed E-state index contributed by atoms with van der Waals surface area (Å²) in [6, 6.07) is 0. The number of hydrogen-bond acceptors (Lipinski definition) is 3. The Morgan fingerprint density at radius 3 is 1.97 bits per heavy atom. The molecule has 4 atom stereocenters. The van der Waals surface area contributed by atoms with Gasteiger partial charge in [0.1, 0.15) is 0 Å². The molecule has 0 aromatic rings. The van der Waals surface area contributed by atoms with Crippen LogP contribution in [0.2, 0.25) is 0 Å². The minimum Gasteiger partial charge on any atom is -0.173 e. The third kappa shape index (κ3) is 7.41. The van der Waals surface area contributed by atoms with Gasteiger partial charge in [-0.25, -0.2) is 0 Å². The van der Waals surface area contributed by atoms with E-state index in [4.69, 9.17) is 0 Å². The molecule has 5 fully saturated rings. The molecule has 0 spiro atoms. The lowest BCUT2D eigenvalue weighted by molar-refractivity contribution is 0.241. The second-order valence-corrected chi connectivity index (χ2v) is 19.1. The number of thiol groups is 1. The molecule has 0 aromatic carbocycles. The van der Waals surface area contributed by atoms with Crippen LogP contribution in [0.3, 0.4) is 0 Å². The zero-order valence-corrected chi connectivity index (χ0v) is 25.8. The average molecular weight is 511 g/mol. The summed E-state index contributed by atoms with van der Waals surface area (Å²) in [5.74, 6) is 3.79. The van der Waals surface area contributed by atoms with E-state index in [0.717, 1.165) is 28.9 Å². The number of hydrogen-bond donors (Lipinski definition) is 1. The van der Waals surface area contributed by atoms with E-state index in [1.54, 1.807) is 5.57 Å². The van der Waals surface area contributed by atoms with Crippen molar-refractivity contribution in [2.24, 2.45) is 23.7 Å². The number of rotatable bonds is 1. The second kappa shape index (κ2) is 10.6. The van der Waals surface area contributed by atoms with Gasteiger partial charge in [0.25, 0.3) is 0 Å². The van der Waals surface area contributed by atoms with Gasteiger partial charge in [-0.05, 0) is 94.8 Å². The summed E-state index contributed by atoms with van der Waals surface area (Å²) in [6.45, 7) is 21.3. The fourth-order valence-electron chi connectivity index (χ4n) is 6.91. The molecule has 33 heavy (non-hydrogen) atoms. The topological polar surface area (TPSA) is 0 Å². The van der Waals surface area contributed by atoms with Crippen LogP contribution in [0.25, 0.3) is 0 Å². The van der Waals surface area contributed by atoms with Gasteiger partial charge >= 0.3 is 0 Å². The Morgan fingerprint density at radius 1 is 0.909 bits per heavy atom. The van der Waals surface area contributed by atoms with Crippen molar-refractivity contribution in [2.75, 3.05) is 0 Å². The maximum Gasteiger partial charge on any atom is 0.0137 e. The van der Waals surface area contributed by atoms with Crippen LogP contribution in [0.4, 0.5) is 0 Å². The van der Waals surface area contributed by atoms with Crippen LogP contribution in [0.5, 0.6) is 0 Å². The van der Waals surface area contributed by atoms with Crippen LogP contribution in [0, 0.1) is 23.7 Å². The van der Waals surface area contributed by atoms with Crippen LogP contribution in [0.15, 0.2) is 11.6 Å². The molecule has 3 saturated heterocycles. The number of thioether (sulfide) groups is 2. The average Bonchev–Trinajstić information content (AvgIpc) is 2.95. The lowest BCUT2D eigenvalue weighted by Crippen LogP contribution is -2.46. The zero-order valence-electron chi connectivity index (χ0n) is 23.3. The molecule has 3 aliphatic carbocycles. The highest BCUT2D eigenvalue weighted by molar-refractivity contribution is 8.02. The van der Waals surface area contributed by atoms with Crippen LogP contribution in [0.1, 0.15) is 127 Å². The van der Waals surface area contributed by atoms with E-state index >= 15 is 0 Å². The van der Waals surface area contributed by atoms with Crippen molar-refractivity contribution in [1.82, 2.24) is 0 Å². The Bertz CT molecular complexity index is 672. The van der Waals surface area contributed by atoms with Crippen LogP contribution < -0.4 is 0 Å². The van der Waals surface area contributed by atoms with Gasteiger partial charge < -0.3 is 0 Å². The molecule has 2 saturated carbocycles. The Morgan fingerprint density at radius 2 is 1.55 bits per heavy atom. The Balaban J connectivity index is 0.000000139. The van der Waals surface area contributed by atoms with Gasteiger partial charge in [0, 0.05) is 24.2 Å². The highest BCUT2D eigenvalue weighted by atomic mass is 32.2. The first kappa shape index (κ1) is 28.4. The van der Waals surface area contributed by atoms with Crippen molar-refractivity contribution in [3.63, 3.8) is 0 Å². The van der Waals surface area contributed by atoms with Crippen LogP contribution >= 0.6 is 36.2 Å². The van der Waals surface area contributed by atoms with Gasteiger partial charge in [-0.3, -0.25) is 0 Å². The van der Waals surface area contributed by atoms with Crippen LogP contribution in [-0.2, 0) is 0 Å². The third-order valence-electron chi connectivity index (χ3n) is 9.73. The largest absolute Gasteiger partial charge is 0.173 e. The first-order valence-electron chi connectivity index (χ1n) is 13.9. The molecule has 0 aromatic heterocycles. The van der Waals surface area contributed by atoms with Crippen LogP contribution in [-0.4, -0.2) is 24.2 Å². The highest BCUT2D eigenvalue weighted by Gasteiger charge is 2.48. The lowest BCUT2D eigenvalue weighted by atomic mass is 9.75. The van der Waals surface area contributed by atoms with Crippen molar-refractivity contribution in [2.45, 2.75) is 151 Å². The maximum atomic E-state index is 4.60. The quantitative estimate of drug-likeness (QED) is 0.275. The van der Waals surface area contributed by atoms with Gasteiger partial charge in [0.15, 0.2) is 0 Å². The molecule has 4 bridgehead atoms. The summed E-state index contributed by atoms with van der Waals surface area (Å²) >= 11 is 9.09. The predicted octanol–water partition coefficient (Wildman–Crippen LogP) is 10.2. The first-order valence-corrected chi connectivity index (χ1v) is 16.0. The number of allylic oxidation sites excluding steroid dienone is 2. The molecular weight excluding hydrogens is 457 g/mol. The molecule has 0 amide bonds. The monoisotopic (exact) mass is 510 g/mol. The molecule has 6 aliphatic rings. The predicted molar refractivity (Wildman–Crippen MR) is 158 cm³/mol. The van der Waals surface area contributed by atoms with E-state index < -0.39 is 0 Å². The van der Waals surface area contributed by atoms with Crippen molar-refractivity contribution in [3.8, 4) is 0 Å². The van der Waals surface area contributed by atoms with E-state index in [2.05, 4.69) is 105 Å². The van der Waals surface area contributed by atoms with E-state index in [1.165, 1.54) is 64.2 Å². The molecule has 192 valence electrons. The molecule has 3 heteroatoms. The van der Waals surface area contributed by atoms with E-state index in [1.807, 2.05) is 0 Å². The van der Waals surface area contributed by atoms with Gasteiger partial charge in [0.2, 0.25) is 0 Å². The first-order chi connectivity index (χ1) is 15.1. The molecule has 6 rings (SSSR count). The van der Waals surface area contributed by atoms with E-state index in [0.29, 0.717) is 14.2 Å². The summed E-state index contributed by atoms with van der Waals surface area (Å²) < 4.78 is 2.01. The SMILES string of the molecule is CC12CCC(CC1)C(C)(C)S2.CC1=CCC(C(C)(C)S)CC1.CC1CCC2CC1SC2(C)C. The van der Waals surface area contributed by atoms with Gasteiger partial charge in [-0.2, -0.15) is 24.4 Å². The fourth-order valence-corrected chi connectivity index (χ4v) is 11.1. The van der Waals surface area contributed by atoms with Gasteiger partial charge in [-0.15, -0.1) is 11.8 Å². The van der Waals surface area contributed by atoms with E-state index in [9.17, 15) is 0 Å². The van der Waals surface area contributed by atoms with Crippen molar-refractivity contribution in [1.29, 1.82) is 0 Å². The van der Waals surface area contributed by atoms with Crippen molar-refractivity contribution in [3.05, 3.63) is 11.6 Å². The summed E-state index contributed by atoms with van der Waals surface area (Å²) in [5, 5.41) is 0.990. The van der Waals surface area contributed by atoms with Crippen molar-refractivity contribution >= 4 is 36.2 Å². The Kier molecular flexibility index (Phi) is 9.15. The third-order valence-corrected chi connectivity index (χ3v) is 13.8. The second-order valence-electron chi connectivity index (χ2n) is 13.9. The molecule has 4 unspecified atom stereocenters. The fraction of sp³-hybridized carbons (Fsp3) is 0.933. The molecular formula is C30H54S3.